The molecule has 0 spiro atoms. The summed E-state index contributed by atoms with van der Waals surface area (Å²) < 4.78 is 9.46. The highest BCUT2D eigenvalue weighted by molar-refractivity contribution is 5.96. The standard InChI is InChI=1S/C20H24N3O2/c1-15-12-19(16(2)23(15)13-18-6-5-11-25-18)20(24)14-22-9-7-17(8-10-22)21(3)4/h5-12H,13-14H2,1-4H3/q+1. The number of nitrogens with zero attached hydrogens (tertiary/aromatic N) is 3. The Morgan fingerprint density at radius 2 is 1.92 bits per heavy atom. The van der Waals surface area contributed by atoms with Crippen LogP contribution < -0.4 is 9.47 Å². The van der Waals surface area contributed by atoms with Gasteiger partial charge in [0, 0.05) is 48.9 Å². The van der Waals surface area contributed by atoms with Crippen LogP contribution in [0.25, 0.3) is 0 Å². The molecule has 0 N–H and O–H groups in total. The predicted octanol–water partition coefficient (Wildman–Crippen LogP) is 2.98. The third-order valence-electron chi connectivity index (χ3n) is 4.48. The Balaban J connectivity index is 1.78. The maximum absolute atomic E-state index is 12.8. The van der Waals surface area contributed by atoms with Gasteiger partial charge in [-0.05, 0) is 32.0 Å². The first-order chi connectivity index (χ1) is 12.0. The van der Waals surface area contributed by atoms with E-state index in [4.69, 9.17) is 4.42 Å². The van der Waals surface area contributed by atoms with Crippen LogP contribution in [0.1, 0.15) is 27.5 Å². The second-order valence-corrected chi connectivity index (χ2v) is 6.50. The molecule has 0 radical (unpaired) electrons. The van der Waals surface area contributed by atoms with Crippen LogP contribution in [0.4, 0.5) is 5.69 Å². The molecule has 5 heteroatoms. The van der Waals surface area contributed by atoms with Gasteiger partial charge in [-0.15, -0.1) is 0 Å². The van der Waals surface area contributed by atoms with Crippen molar-refractivity contribution in [3.05, 3.63) is 71.7 Å². The lowest BCUT2D eigenvalue weighted by atomic mass is 10.1. The number of furan rings is 1. The quantitative estimate of drug-likeness (QED) is 0.513. The van der Waals surface area contributed by atoms with E-state index in [2.05, 4.69) is 4.57 Å². The highest BCUT2D eigenvalue weighted by Crippen LogP contribution is 2.18. The van der Waals surface area contributed by atoms with Gasteiger partial charge < -0.3 is 13.9 Å². The number of rotatable bonds is 6. The van der Waals surface area contributed by atoms with Gasteiger partial charge in [0.15, 0.2) is 12.4 Å². The van der Waals surface area contributed by atoms with E-state index in [0.717, 1.165) is 28.4 Å². The molecule has 25 heavy (non-hydrogen) atoms. The van der Waals surface area contributed by atoms with Crippen LogP contribution in [0.3, 0.4) is 0 Å². The van der Waals surface area contributed by atoms with E-state index in [1.807, 2.05) is 80.1 Å². The zero-order chi connectivity index (χ0) is 18.0. The van der Waals surface area contributed by atoms with Gasteiger partial charge >= 0.3 is 0 Å². The highest BCUT2D eigenvalue weighted by atomic mass is 16.3. The maximum atomic E-state index is 12.8. The van der Waals surface area contributed by atoms with Crippen molar-refractivity contribution in [2.45, 2.75) is 26.9 Å². The summed E-state index contributed by atoms with van der Waals surface area (Å²) in [5.41, 5.74) is 3.92. The van der Waals surface area contributed by atoms with Gasteiger partial charge in [0.05, 0.1) is 12.8 Å². The monoisotopic (exact) mass is 338 g/mol. The molecule has 0 fully saturated rings. The van der Waals surface area contributed by atoms with Crippen molar-refractivity contribution < 1.29 is 13.8 Å². The first kappa shape index (κ1) is 17.0. The van der Waals surface area contributed by atoms with Crippen LogP contribution in [0, 0.1) is 13.8 Å². The first-order valence-electron chi connectivity index (χ1n) is 8.34. The fourth-order valence-corrected chi connectivity index (χ4v) is 2.99. The zero-order valence-electron chi connectivity index (χ0n) is 15.2. The molecule has 0 aliphatic rings. The number of Topliss-reactive ketones (excluding diaryl/α,β-unsaturated/α-hetero) is 1. The van der Waals surface area contributed by atoms with Crippen LogP contribution in [-0.2, 0) is 13.1 Å². The SMILES string of the molecule is Cc1cc(C(=O)C[n+]2ccc(N(C)C)cc2)c(C)n1Cc1ccco1. The number of hydrogen-bond donors (Lipinski definition) is 0. The molecular weight excluding hydrogens is 314 g/mol. The number of hydrogen-bond acceptors (Lipinski definition) is 3. The Morgan fingerprint density at radius 1 is 1.20 bits per heavy atom. The van der Waals surface area contributed by atoms with E-state index >= 15 is 0 Å². The largest absolute Gasteiger partial charge is 0.467 e. The van der Waals surface area contributed by atoms with Crippen LogP contribution in [0.5, 0.6) is 0 Å². The molecule has 3 rings (SSSR count). The number of aryl methyl sites for hydroxylation is 1. The van der Waals surface area contributed by atoms with Crippen molar-refractivity contribution in [1.82, 2.24) is 4.57 Å². The lowest BCUT2D eigenvalue weighted by Gasteiger charge is -2.10. The van der Waals surface area contributed by atoms with E-state index in [9.17, 15) is 4.79 Å². The number of carbonyl (C=O) groups is 1. The van der Waals surface area contributed by atoms with Crippen molar-refractivity contribution in [2.75, 3.05) is 19.0 Å². The summed E-state index contributed by atoms with van der Waals surface area (Å²) in [7, 11) is 4.00. The van der Waals surface area contributed by atoms with Gasteiger partial charge in [-0.1, -0.05) is 0 Å². The van der Waals surface area contributed by atoms with Crippen molar-refractivity contribution in [3.8, 4) is 0 Å². The molecule has 0 atom stereocenters. The van der Waals surface area contributed by atoms with Crippen LogP contribution in [-0.4, -0.2) is 24.4 Å². The normalized spacial score (nSPS) is 10.9. The molecule has 130 valence electrons. The van der Waals surface area contributed by atoms with E-state index in [0.29, 0.717) is 13.1 Å². The van der Waals surface area contributed by atoms with Crippen molar-refractivity contribution in [2.24, 2.45) is 0 Å². The Kier molecular flexibility index (Phi) is 4.74. The molecule has 3 aromatic heterocycles. The van der Waals surface area contributed by atoms with E-state index in [1.165, 1.54) is 0 Å². The molecule has 0 unspecified atom stereocenters. The minimum Gasteiger partial charge on any atom is -0.467 e. The second kappa shape index (κ2) is 6.97. The number of anilines is 1. The predicted molar refractivity (Wildman–Crippen MR) is 97.0 cm³/mol. The second-order valence-electron chi connectivity index (χ2n) is 6.50. The zero-order valence-corrected chi connectivity index (χ0v) is 15.2. The third kappa shape index (κ3) is 3.65. The Bertz CT molecular complexity index is 859. The van der Waals surface area contributed by atoms with E-state index in [-0.39, 0.29) is 5.78 Å². The van der Waals surface area contributed by atoms with Crippen LogP contribution in [0.2, 0.25) is 0 Å². The maximum Gasteiger partial charge on any atom is 0.229 e. The van der Waals surface area contributed by atoms with Gasteiger partial charge in [-0.25, -0.2) is 0 Å². The van der Waals surface area contributed by atoms with Gasteiger partial charge in [0.25, 0.3) is 0 Å². The van der Waals surface area contributed by atoms with Crippen LogP contribution in [0.15, 0.2) is 53.4 Å². The van der Waals surface area contributed by atoms with E-state index < -0.39 is 0 Å². The Labute approximate surface area is 148 Å². The molecule has 3 aromatic rings. The Hall–Kier alpha value is -2.82. The third-order valence-corrected chi connectivity index (χ3v) is 4.48. The number of ketones is 1. The van der Waals surface area contributed by atoms with Crippen molar-refractivity contribution >= 4 is 11.5 Å². The fourth-order valence-electron chi connectivity index (χ4n) is 2.99. The van der Waals surface area contributed by atoms with Gasteiger partial charge in [0.1, 0.15) is 5.76 Å². The summed E-state index contributed by atoms with van der Waals surface area (Å²) >= 11 is 0. The van der Waals surface area contributed by atoms with Gasteiger partial charge in [0.2, 0.25) is 12.3 Å². The number of carbonyl (C=O) groups excluding carboxylic acids is 1. The van der Waals surface area contributed by atoms with Gasteiger partial charge in [-0.2, -0.15) is 4.57 Å². The van der Waals surface area contributed by atoms with Crippen molar-refractivity contribution in [1.29, 1.82) is 0 Å². The van der Waals surface area contributed by atoms with E-state index in [1.54, 1.807) is 6.26 Å². The summed E-state index contributed by atoms with van der Waals surface area (Å²) in [5, 5.41) is 0. The summed E-state index contributed by atoms with van der Waals surface area (Å²) in [5.74, 6) is 0.996. The smallest absolute Gasteiger partial charge is 0.229 e. The lowest BCUT2D eigenvalue weighted by molar-refractivity contribution is -0.683. The summed E-state index contributed by atoms with van der Waals surface area (Å²) in [4.78, 5) is 14.8. The molecule has 0 aromatic carbocycles. The van der Waals surface area contributed by atoms with Crippen molar-refractivity contribution in [3.63, 3.8) is 0 Å². The molecule has 0 saturated heterocycles. The Morgan fingerprint density at radius 3 is 2.52 bits per heavy atom. The molecule has 0 aliphatic carbocycles. The first-order valence-corrected chi connectivity index (χ1v) is 8.34. The topological polar surface area (TPSA) is 42.3 Å². The molecular formula is C20H24N3O2+. The minimum atomic E-state index is 0.112. The average Bonchev–Trinajstić information content (AvgIpc) is 3.19. The minimum absolute atomic E-state index is 0.112. The molecule has 0 amide bonds. The summed E-state index contributed by atoms with van der Waals surface area (Å²) in [6, 6.07) is 9.81. The number of aromatic nitrogens is 2. The molecule has 0 bridgehead atoms. The molecule has 5 nitrogen and oxygen atoms in total. The molecule has 0 saturated carbocycles. The number of pyridine rings is 1. The fraction of sp³-hybridized carbons (Fsp3) is 0.300. The highest BCUT2D eigenvalue weighted by Gasteiger charge is 2.19. The summed E-state index contributed by atoms with van der Waals surface area (Å²) in [6.07, 6.45) is 5.55. The average molecular weight is 338 g/mol. The van der Waals surface area contributed by atoms with Crippen LogP contribution >= 0.6 is 0 Å². The lowest BCUT2D eigenvalue weighted by Crippen LogP contribution is -2.37. The summed E-state index contributed by atoms with van der Waals surface area (Å²) in [6.45, 7) is 4.98. The molecule has 3 heterocycles. The van der Waals surface area contributed by atoms with Gasteiger partial charge in [-0.3, -0.25) is 4.79 Å². The molecule has 0 aliphatic heterocycles.